The van der Waals surface area contributed by atoms with Crippen LogP contribution in [0.15, 0.2) is 54.6 Å². The van der Waals surface area contributed by atoms with Crippen molar-refractivity contribution in [3.8, 4) is 5.75 Å². The van der Waals surface area contributed by atoms with Gasteiger partial charge < -0.3 is 10.5 Å². The molecule has 0 radical (unpaired) electrons. The molecule has 2 rings (SSSR count). The molecule has 0 aliphatic carbocycles. The van der Waals surface area contributed by atoms with Crippen molar-refractivity contribution in [1.29, 1.82) is 0 Å². The maximum atomic E-state index is 12.5. The number of halogens is 3. The highest BCUT2D eigenvalue weighted by Gasteiger charge is 2.30. The molecule has 6 heteroatoms. The van der Waals surface area contributed by atoms with Gasteiger partial charge in [0.2, 0.25) is 5.91 Å². The lowest BCUT2D eigenvalue weighted by Gasteiger charge is -2.17. The molecular formula is C17H16F3NO2. The summed E-state index contributed by atoms with van der Waals surface area (Å²) < 4.78 is 43.0. The van der Waals surface area contributed by atoms with Crippen LogP contribution in [0, 0.1) is 0 Å². The number of hydrogen-bond donors (Lipinski definition) is 1. The lowest BCUT2D eigenvalue weighted by atomic mass is 9.96. The zero-order valence-corrected chi connectivity index (χ0v) is 12.2. The van der Waals surface area contributed by atoms with Crippen LogP contribution in [0.25, 0.3) is 0 Å². The monoisotopic (exact) mass is 323 g/mol. The fraction of sp³-hybridized carbons (Fsp3) is 0.235. The van der Waals surface area contributed by atoms with E-state index in [0.29, 0.717) is 5.75 Å². The first kappa shape index (κ1) is 16.9. The molecule has 0 spiro atoms. The lowest BCUT2D eigenvalue weighted by Crippen LogP contribution is -2.20. The Morgan fingerprint density at radius 1 is 1.04 bits per heavy atom. The molecule has 2 aromatic carbocycles. The fourth-order valence-corrected chi connectivity index (χ4v) is 2.18. The number of nitrogens with two attached hydrogens (primary N) is 1. The molecule has 1 unspecified atom stereocenters. The van der Waals surface area contributed by atoms with Crippen LogP contribution in [0.2, 0.25) is 0 Å². The molecule has 0 aromatic heterocycles. The molecule has 0 aliphatic rings. The molecule has 1 amide bonds. The molecule has 2 N–H and O–H groups in total. The second-order valence-corrected chi connectivity index (χ2v) is 5.11. The number of carbonyl (C=O) groups excluding carboxylic acids is 1. The lowest BCUT2D eigenvalue weighted by molar-refractivity contribution is -0.137. The van der Waals surface area contributed by atoms with Gasteiger partial charge in [-0.1, -0.05) is 30.3 Å². The van der Waals surface area contributed by atoms with Gasteiger partial charge in [-0.05, 0) is 29.8 Å². The number of ether oxygens (including phenoxy) is 1. The van der Waals surface area contributed by atoms with Crippen LogP contribution in [0.5, 0.6) is 5.75 Å². The summed E-state index contributed by atoms with van der Waals surface area (Å²) in [6.45, 7) is 0.151. The predicted octanol–water partition coefficient (Wildman–Crippen LogP) is 3.74. The average Bonchev–Trinajstić information content (AvgIpc) is 2.51. The summed E-state index contributed by atoms with van der Waals surface area (Å²) in [5.74, 6) is -0.408. The first-order chi connectivity index (χ1) is 10.9. The van der Waals surface area contributed by atoms with Gasteiger partial charge in [-0.25, -0.2) is 0 Å². The van der Waals surface area contributed by atoms with Gasteiger partial charge in [-0.15, -0.1) is 0 Å². The highest BCUT2D eigenvalue weighted by molar-refractivity contribution is 5.74. The van der Waals surface area contributed by atoms with Crippen LogP contribution in [0.1, 0.15) is 23.5 Å². The number of primary amides is 1. The van der Waals surface area contributed by atoms with Gasteiger partial charge in [0, 0.05) is 12.3 Å². The van der Waals surface area contributed by atoms with Crippen molar-refractivity contribution in [2.45, 2.75) is 18.5 Å². The smallest absolute Gasteiger partial charge is 0.416 e. The van der Waals surface area contributed by atoms with Gasteiger partial charge >= 0.3 is 6.18 Å². The van der Waals surface area contributed by atoms with Gasteiger partial charge in [0.25, 0.3) is 0 Å². The Kier molecular flexibility index (Phi) is 5.26. The third-order valence-electron chi connectivity index (χ3n) is 3.35. The normalized spacial score (nSPS) is 12.7. The number of alkyl halides is 3. The second kappa shape index (κ2) is 7.17. The Bertz CT molecular complexity index is 639. The van der Waals surface area contributed by atoms with Gasteiger partial charge in [-0.3, -0.25) is 4.79 Å². The highest BCUT2D eigenvalue weighted by atomic mass is 19.4. The highest BCUT2D eigenvalue weighted by Crippen LogP contribution is 2.30. The van der Waals surface area contributed by atoms with Crippen molar-refractivity contribution in [2.24, 2.45) is 5.73 Å². The molecule has 0 saturated heterocycles. The van der Waals surface area contributed by atoms with E-state index >= 15 is 0 Å². The van der Waals surface area contributed by atoms with Crippen molar-refractivity contribution in [3.63, 3.8) is 0 Å². The Morgan fingerprint density at radius 2 is 1.65 bits per heavy atom. The zero-order chi connectivity index (χ0) is 16.9. The van der Waals surface area contributed by atoms with Crippen molar-refractivity contribution in [2.75, 3.05) is 6.61 Å². The van der Waals surface area contributed by atoms with Gasteiger partial charge in [0.1, 0.15) is 5.75 Å². The molecule has 0 heterocycles. The molecular weight excluding hydrogens is 307 g/mol. The van der Waals surface area contributed by atoms with Gasteiger partial charge in [-0.2, -0.15) is 13.2 Å². The van der Waals surface area contributed by atoms with Crippen molar-refractivity contribution in [3.05, 3.63) is 65.7 Å². The zero-order valence-electron chi connectivity index (χ0n) is 12.2. The molecule has 0 saturated carbocycles. The summed E-state index contributed by atoms with van der Waals surface area (Å²) in [6, 6.07) is 13.7. The van der Waals surface area contributed by atoms with E-state index < -0.39 is 17.6 Å². The van der Waals surface area contributed by atoms with Crippen LogP contribution in [-0.2, 0) is 11.0 Å². The van der Waals surface area contributed by atoms with Crippen LogP contribution in [-0.4, -0.2) is 12.5 Å². The van der Waals surface area contributed by atoms with E-state index in [9.17, 15) is 18.0 Å². The summed E-state index contributed by atoms with van der Waals surface area (Å²) in [4.78, 5) is 11.2. The number of hydrogen-bond acceptors (Lipinski definition) is 2. The molecule has 3 nitrogen and oxygen atoms in total. The number of benzene rings is 2. The van der Waals surface area contributed by atoms with E-state index in [-0.39, 0.29) is 18.9 Å². The largest absolute Gasteiger partial charge is 0.493 e. The number of amides is 1. The maximum absolute atomic E-state index is 12.5. The minimum atomic E-state index is -4.38. The third-order valence-corrected chi connectivity index (χ3v) is 3.35. The van der Waals surface area contributed by atoms with Gasteiger partial charge in [0.15, 0.2) is 0 Å². The van der Waals surface area contributed by atoms with Crippen molar-refractivity contribution >= 4 is 5.91 Å². The predicted molar refractivity (Wildman–Crippen MR) is 79.9 cm³/mol. The summed E-state index contributed by atoms with van der Waals surface area (Å²) in [7, 11) is 0. The molecule has 0 aliphatic heterocycles. The Morgan fingerprint density at radius 3 is 2.17 bits per heavy atom. The number of rotatable bonds is 6. The van der Waals surface area contributed by atoms with Crippen LogP contribution < -0.4 is 10.5 Å². The van der Waals surface area contributed by atoms with E-state index in [4.69, 9.17) is 10.5 Å². The standard InChI is InChI=1S/C17H16F3NO2/c18-17(19,20)14-6-8-15(9-7-14)23-11-13(10-16(21)22)12-4-2-1-3-5-12/h1-9,13H,10-11H2,(H2,21,22). The quantitative estimate of drug-likeness (QED) is 0.880. The first-order valence-corrected chi connectivity index (χ1v) is 6.99. The Balaban J connectivity index is 2.05. The average molecular weight is 323 g/mol. The SMILES string of the molecule is NC(=O)CC(COc1ccc(C(F)(F)F)cc1)c1ccccc1. The van der Waals surface area contributed by atoms with Crippen LogP contribution in [0.4, 0.5) is 13.2 Å². The third kappa shape index (κ3) is 5.02. The maximum Gasteiger partial charge on any atom is 0.416 e. The minimum Gasteiger partial charge on any atom is -0.493 e. The summed E-state index contributed by atoms with van der Waals surface area (Å²) >= 11 is 0. The number of carbonyl (C=O) groups is 1. The molecule has 0 fully saturated rings. The molecule has 122 valence electrons. The van der Waals surface area contributed by atoms with E-state index in [1.807, 2.05) is 30.3 Å². The topological polar surface area (TPSA) is 52.3 Å². The molecule has 23 heavy (non-hydrogen) atoms. The minimum absolute atomic E-state index is 0.102. The second-order valence-electron chi connectivity index (χ2n) is 5.11. The van der Waals surface area contributed by atoms with E-state index in [1.165, 1.54) is 12.1 Å². The van der Waals surface area contributed by atoms with E-state index in [0.717, 1.165) is 17.7 Å². The van der Waals surface area contributed by atoms with E-state index in [2.05, 4.69) is 0 Å². The van der Waals surface area contributed by atoms with Crippen molar-refractivity contribution in [1.82, 2.24) is 0 Å². The summed E-state index contributed by atoms with van der Waals surface area (Å²) in [5, 5.41) is 0. The van der Waals surface area contributed by atoms with E-state index in [1.54, 1.807) is 0 Å². The Labute approximate surface area is 131 Å². The fourth-order valence-electron chi connectivity index (χ4n) is 2.18. The molecule has 1 atom stereocenters. The van der Waals surface area contributed by atoms with Gasteiger partial charge in [0.05, 0.1) is 12.2 Å². The molecule has 0 bridgehead atoms. The van der Waals surface area contributed by atoms with Crippen LogP contribution in [0.3, 0.4) is 0 Å². The summed E-state index contributed by atoms with van der Waals surface area (Å²) in [6.07, 6.45) is -4.28. The Hall–Kier alpha value is -2.50. The summed E-state index contributed by atoms with van der Waals surface area (Å²) in [5.41, 5.74) is 5.40. The van der Waals surface area contributed by atoms with Crippen LogP contribution >= 0.6 is 0 Å². The first-order valence-electron chi connectivity index (χ1n) is 6.99. The molecule has 2 aromatic rings. The van der Waals surface area contributed by atoms with Crippen molar-refractivity contribution < 1.29 is 22.7 Å².